The summed E-state index contributed by atoms with van der Waals surface area (Å²) < 4.78 is 38.9. The van der Waals surface area contributed by atoms with Crippen LogP contribution in [0.4, 0.5) is 8.78 Å². The van der Waals surface area contributed by atoms with Crippen molar-refractivity contribution in [3.8, 4) is 11.4 Å². The normalized spacial score (nSPS) is 12.2. The van der Waals surface area contributed by atoms with E-state index in [-0.39, 0.29) is 35.4 Å². The van der Waals surface area contributed by atoms with E-state index in [9.17, 15) is 18.4 Å². The second-order valence-electron chi connectivity index (χ2n) is 9.01. The molecule has 0 saturated heterocycles. The van der Waals surface area contributed by atoms with Crippen LogP contribution in [0, 0.1) is 25.5 Å². The van der Waals surface area contributed by atoms with Gasteiger partial charge in [0, 0.05) is 30.2 Å². The van der Waals surface area contributed by atoms with Crippen LogP contribution < -0.4 is 16.0 Å². The van der Waals surface area contributed by atoms with Crippen molar-refractivity contribution >= 4 is 29.5 Å². The molecule has 0 radical (unpaired) electrons. The summed E-state index contributed by atoms with van der Waals surface area (Å²) in [6.45, 7) is 8.27. The average molecular weight is 560 g/mol. The van der Waals surface area contributed by atoms with Gasteiger partial charge in [0.15, 0.2) is 11.4 Å². The Balaban J connectivity index is 1.91. The van der Waals surface area contributed by atoms with Crippen LogP contribution in [-0.4, -0.2) is 38.9 Å². The van der Waals surface area contributed by atoms with Crippen LogP contribution in [0.3, 0.4) is 0 Å². The summed E-state index contributed by atoms with van der Waals surface area (Å²) in [5.74, 6) is -2.14. The molecule has 0 fully saturated rings. The van der Waals surface area contributed by atoms with E-state index >= 15 is 0 Å². The number of aliphatic imine (C=N–C) groups is 1. The first kappa shape index (κ1) is 29.4. The van der Waals surface area contributed by atoms with Gasteiger partial charge in [0.05, 0.1) is 29.9 Å². The molecule has 3 heterocycles. The summed E-state index contributed by atoms with van der Waals surface area (Å²) in [5, 5.41) is -0.238. The van der Waals surface area contributed by atoms with E-state index < -0.39 is 28.7 Å². The van der Waals surface area contributed by atoms with Gasteiger partial charge in [-0.1, -0.05) is 11.6 Å². The van der Waals surface area contributed by atoms with Crippen molar-refractivity contribution in [3.63, 3.8) is 0 Å². The fraction of sp³-hybridized carbons (Fsp3) is 0.296. The molecule has 9 nitrogen and oxygen atoms in total. The molecule has 0 unspecified atom stereocenters. The molecule has 3 rings (SSSR count). The molecule has 0 aliphatic carbocycles. The Labute approximate surface area is 229 Å². The largest absolute Gasteiger partial charge is 0.485 e. The van der Waals surface area contributed by atoms with E-state index in [1.165, 1.54) is 22.9 Å². The number of aryl methyl sites for hydroxylation is 2. The number of carbonyl (C=O) groups excluding carboxylic acids is 1. The molecule has 0 spiro atoms. The molecule has 0 aromatic carbocycles. The lowest BCUT2D eigenvalue weighted by Crippen LogP contribution is -2.31. The Morgan fingerprint density at radius 2 is 1.92 bits per heavy atom. The summed E-state index contributed by atoms with van der Waals surface area (Å²) in [6, 6.07) is 3.83. The van der Waals surface area contributed by atoms with Crippen molar-refractivity contribution in [1.82, 2.24) is 14.5 Å². The van der Waals surface area contributed by atoms with Gasteiger partial charge < -0.3 is 15.2 Å². The number of ether oxygens (including phenoxy) is 2. The lowest BCUT2D eigenvalue weighted by Gasteiger charge is -2.17. The summed E-state index contributed by atoms with van der Waals surface area (Å²) in [5.41, 5.74) is 6.58. The minimum atomic E-state index is -1.10. The Morgan fingerprint density at radius 1 is 1.21 bits per heavy atom. The quantitative estimate of drug-likeness (QED) is 0.303. The molecule has 0 saturated carbocycles. The molecule has 0 atom stereocenters. The molecule has 12 heteroatoms. The maximum absolute atomic E-state index is 13.9. The van der Waals surface area contributed by atoms with E-state index in [2.05, 4.69) is 15.0 Å². The SMILES string of the molecule is CCOC(=O)C(C)(C)N=C/C=C(\N)c1cc(-n2c(C)cc(OCc3ncc(F)cc3F)c(Cl)c2=O)c(C)cn1. The number of allylic oxidation sites excluding steroid dienone is 1. The van der Waals surface area contributed by atoms with Crippen LogP contribution in [0.5, 0.6) is 5.75 Å². The lowest BCUT2D eigenvalue weighted by molar-refractivity contribution is -0.148. The maximum atomic E-state index is 13.9. The number of hydrogen-bond donors (Lipinski definition) is 1. The molecule has 0 aliphatic rings. The van der Waals surface area contributed by atoms with Crippen molar-refractivity contribution in [1.29, 1.82) is 0 Å². The van der Waals surface area contributed by atoms with Gasteiger partial charge >= 0.3 is 5.97 Å². The van der Waals surface area contributed by atoms with Gasteiger partial charge in [-0.05, 0) is 52.3 Å². The Kier molecular flexibility index (Phi) is 9.18. The third-order valence-electron chi connectivity index (χ3n) is 5.59. The van der Waals surface area contributed by atoms with Crippen molar-refractivity contribution in [2.24, 2.45) is 10.7 Å². The Morgan fingerprint density at radius 3 is 2.59 bits per heavy atom. The summed E-state index contributed by atoms with van der Waals surface area (Å²) in [6.07, 6.45) is 5.30. The van der Waals surface area contributed by atoms with E-state index in [4.69, 9.17) is 26.8 Å². The number of pyridine rings is 3. The van der Waals surface area contributed by atoms with Gasteiger partial charge in [0.1, 0.15) is 28.9 Å². The van der Waals surface area contributed by atoms with E-state index in [1.54, 1.807) is 46.9 Å². The predicted octanol–water partition coefficient (Wildman–Crippen LogP) is 4.47. The molecule has 2 N–H and O–H groups in total. The Bertz CT molecular complexity index is 1520. The van der Waals surface area contributed by atoms with Crippen molar-refractivity contribution in [2.45, 2.75) is 46.8 Å². The van der Waals surface area contributed by atoms with Crippen molar-refractivity contribution in [3.05, 3.63) is 86.3 Å². The maximum Gasteiger partial charge on any atom is 0.333 e. The first-order valence-electron chi connectivity index (χ1n) is 11.9. The lowest BCUT2D eigenvalue weighted by atomic mass is 10.1. The van der Waals surface area contributed by atoms with Crippen LogP contribution in [0.1, 0.15) is 43.4 Å². The fourth-order valence-electron chi connectivity index (χ4n) is 3.44. The van der Waals surface area contributed by atoms with Gasteiger partial charge in [-0.25, -0.2) is 13.6 Å². The second-order valence-corrected chi connectivity index (χ2v) is 9.39. The van der Waals surface area contributed by atoms with Gasteiger partial charge in [0.2, 0.25) is 0 Å². The molecule has 0 aliphatic heterocycles. The molecular weight excluding hydrogens is 532 g/mol. The number of halogens is 3. The van der Waals surface area contributed by atoms with E-state index in [1.807, 2.05) is 0 Å². The van der Waals surface area contributed by atoms with Gasteiger partial charge in [-0.2, -0.15) is 0 Å². The Hall–Kier alpha value is -4.12. The molecule has 39 heavy (non-hydrogen) atoms. The van der Waals surface area contributed by atoms with Crippen molar-refractivity contribution in [2.75, 3.05) is 6.61 Å². The zero-order valence-electron chi connectivity index (χ0n) is 22.1. The zero-order valence-corrected chi connectivity index (χ0v) is 22.8. The minimum Gasteiger partial charge on any atom is -0.485 e. The van der Waals surface area contributed by atoms with Crippen LogP contribution in [-0.2, 0) is 16.1 Å². The standard InChI is InChI=1S/C27H28ClF2N5O4/c1-6-38-26(37)27(4,5)34-8-7-19(31)20-11-22(15(2)12-32-20)35-16(3)9-23(24(28)25(35)36)39-14-21-18(30)10-17(29)13-33-21/h7-13H,6,14,31H2,1-5H3/b19-7-,34-8?. The monoisotopic (exact) mass is 559 g/mol. The smallest absolute Gasteiger partial charge is 0.333 e. The minimum absolute atomic E-state index is 0.0210. The topological polar surface area (TPSA) is 122 Å². The van der Waals surface area contributed by atoms with Crippen LogP contribution >= 0.6 is 11.6 Å². The van der Waals surface area contributed by atoms with E-state index in [0.29, 0.717) is 28.7 Å². The first-order chi connectivity index (χ1) is 18.4. The summed E-state index contributed by atoms with van der Waals surface area (Å²) in [4.78, 5) is 37.5. The molecule has 0 bridgehead atoms. The predicted molar refractivity (Wildman–Crippen MR) is 144 cm³/mol. The third-order valence-corrected chi connectivity index (χ3v) is 5.93. The molecule has 3 aromatic heterocycles. The van der Waals surface area contributed by atoms with Crippen LogP contribution in [0.2, 0.25) is 5.02 Å². The molecule has 0 amide bonds. The number of nitrogens with two attached hydrogens (primary N) is 1. The van der Waals surface area contributed by atoms with Crippen LogP contribution in [0.15, 0.2) is 46.5 Å². The summed E-state index contributed by atoms with van der Waals surface area (Å²) >= 11 is 6.33. The highest BCUT2D eigenvalue weighted by molar-refractivity contribution is 6.31. The number of hydrogen-bond acceptors (Lipinski definition) is 8. The number of aromatic nitrogens is 3. The van der Waals surface area contributed by atoms with E-state index in [0.717, 1.165) is 6.20 Å². The first-order valence-corrected chi connectivity index (χ1v) is 12.2. The van der Waals surface area contributed by atoms with Crippen molar-refractivity contribution < 1.29 is 23.0 Å². The molecular formula is C27H28ClF2N5O4. The second kappa shape index (κ2) is 12.2. The summed E-state index contributed by atoms with van der Waals surface area (Å²) in [7, 11) is 0. The van der Waals surface area contributed by atoms with Gasteiger partial charge in [0.25, 0.3) is 5.56 Å². The fourth-order valence-corrected chi connectivity index (χ4v) is 3.64. The third kappa shape index (κ3) is 6.85. The average Bonchev–Trinajstić information content (AvgIpc) is 2.87. The highest BCUT2D eigenvalue weighted by atomic mass is 35.5. The van der Waals surface area contributed by atoms with Gasteiger partial charge in [-0.3, -0.25) is 24.3 Å². The molecule has 206 valence electrons. The molecule has 3 aromatic rings. The number of nitrogens with zero attached hydrogens (tertiary/aromatic N) is 4. The zero-order chi connectivity index (χ0) is 28.9. The van der Waals surface area contributed by atoms with Gasteiger partial charge in [-0.15, -0.1) is 0 Å². The number of esters is 1. The highest BCUT2D eigenvalue weighted by Crippen LogP contribution is 2.26. The number of carbonyl (C=O) groups is 1. The van der Waals surface area contributed by atoms with Crippen LogP contribution in [0.25, 0.3) is 11.4 Å². The number of rotatable bonds is 9. The highest BCUT2D eigenvalue weighted by Gasteiger charge is 2.27.